The molecule has 2 aromatic rings. The molecule has 28 heavy (non-hydrogen) atoms. The molecule has 2 heterocycles. The molecule has 0 amide bonds. The van der Waals surface area contributed by atoms with Gasteiger partial charge in [-0.25, -0.2) is 9.18 Å². The predicted octanol–water partition coefficient (Wildman–Crippen LogP) is 5.28. The molecule has 1 N–H and O–H groups in total. The molecule has 4 nitrogen and oxygen atoms in total. The summed E-state index contributed by atoms with van der Waals surface area (Å²) >= 11 is 5.98. The van der Waals surface area contributed by atoms with Crippen molar-refractivity contribution in [1.82, 2.24) is 5.32 Å². The minimum atomic E-state index is -0.669. The van der Waals surface area contributed by atoms with Gasteiger partial charge in [-0.1, -0.05) is 41.9 Å². The Morgan fingerprint density at radius 3 is 2.54 bits per heavy atom. The summed E-state index contributed by atoms with van der Waals surface area (Å²) in [6, 6.07) is 14.2. The zero-order valence-corrected chi connectivity index (χ0v) is 16.0. The number of carbonyl (C=O) groups is 1. The van der Waals surface area contributed by atoms with Crippen LogP contribution in [-0.2, 0) is 9.47 Å². The van der Waals surface area contributed by atoms with E-state index in [1.807, 2.05) is 24.3 Å². The minimum absolute atomic E-state index is 0.281. The molecule has 2 aromatic carbocycles. The van der Waals surface area contributed by atoms with Crippen LogP contribution < -0.4 is 5.32 Å². The van der Waals surface area contributed by atoms with Gasteiger partial charge in [0.2, 0.25) is 0 Å². The molecule has 0 saturated carbocycles. The first-order chi connectivity index (χ1) is 13.6. The van der Waals surface area contributed by atoms with Crippen molar-refractivity contribution in [1.29, 1.82) is 0 Å². The Bertz CT molecular complexity index is 866. The van der Waals surface area contributed by atoms with Gasteiger partial charge in [-0.3, -0.25) is 0 Å². The zero-order chi connectivity index (χ0) is 19.5. The standard InChI is InChI=1S/C22H21ClFNO3/c23-17-5-1-14(2-6-17)16-11-12-25-19(13-16)9-10-20-21(28-22(26)27-20)15-3-7-18(24)8-4-15/h1-8,11,19-21,25H,9-10,12-13H2. The number of carbonyl (C=O) groups excluding carboxylic acids is 1. The summed E-state index contributed by atoms with van der Waals surface area (Å²) < 4.78 is 23.9. The molecule has 146 valence electrons. The van der Waals surface area contributed by atoms with Crippen LogP contribution in [-0.4, -0.2) is 24.8 Å². The van der Waals surface area contributed by atoms with E-state index < -0.39 is 12.3 Å². The van der Waals surface area contributed by atoms with Crippen LogP contribution in [0.15, 0.2) is 54.6 Å². The van der Waals surface area contributed by atoms with E-state index in [9.17, 15) is 9.18 Å². The Morgan fingerprint density at radius 1 is 1.04 bits per heavy atom. The Balaban J connectivity index is 1.38. The summed E-state index contributed by atoms with van der Waals surface area (Å²) in [5.41, 5.74) is 3.21. The lowest BCUT2D eigenvalue weighted by atomic mass is 9.91. The summed E-state index contributed by atoms with van der Waals surface area (Å²) in [6.45, 7) is 0.797. The summed E-state index contributed by atoms with van der Waals surface area (Å²) in [7, 11) is 0. The second kappa shape index (κ2) is 8.33. The van der Waals surface area contributed by atoms with Gasteiger partial charge in [-0.2, -0.15) is 0 Å². The number of benzene rings is 2. The van der Waals surface area contributed by atoms with Crippen molar-refractivity contribution in [2.24, 2.45) is 0 Å². The molecule has 2 aliphatic rings. The largest absolute Gasteiger partial charge is 0.509 e. The number of nitrogens with one attached hydrogen (secondary N) is 1. The SMILES string of the molecule is O=C1OC(CCC2CC(c3ccc(Cl)cc3)=CCN2)C(c2ccc(F)cc2)O1. The van der Waals surface area contributed by atoms with E-state index in [2.05, 4.69) is 11.4 Å². The molecule has 0 aromatic heterocycles. The van der Waals surface area contributed by atoms with Crippen LogP contribution in [0.4, 0.5) is 9.18 Å². The molecule has 1 saturated heterocycles. The van der Waals surface area contributed by atoms with Gasteiger partial charge in [-0.05, 0) is 60.2 Å². The molecule has 0 radical (unpaired) electrons. The Hall–Kier alpha value is -2.37. The number of hydrogen-bond acceptors (Lipinski definition) is 4. The number of hydrogen-bond donors (Lipinski definition) is 1. The van der Waals surface area contributed by atoms with Crippen LogP contribution in [0.2, 0.25) is 5.02 Å². The van der Waals surface area contributed by atoms with Crippen LogP contribution in [0.5, 0.6) is 0 Å². The fourth-order valence-corrected chi connectivity index (χ4v) is 3.90. The molecule has 0 aliphatic carbocycles. The van der Waals surface area contributed by atoms with Gasteiger partial charge in [0.05, 0.1) is 0 Å². The highest BCUT2D eigenvalue weighted by Crippen LogP contribution is 2.34. The minimum Gasteiger partial charge on any atom is -0.427 e. The highest BCUT2D eigenvalue weighted by Gasteiger charge is 2.38. The normalized spacial score (nSPS) is 24.4. The van der Waals surface area contributed by atoms with Crippen molar-refractivity contribution in [2.75, 3.05) is 6.54 Å². The third-order valence-corrected chi connectivity index (χ3v) is 5.49. The maximum Gasteiger partial charge on any atom is 0.509 e. The van der Waals surface area contributed by atoms with Crippen molar-refractivity contribution in [2.45, 2.75) is 37.5 Å². The van der Waals surface area contributed by atoms with Gasteiger partial charge in [0.25, 0.3) is 0 Å². The Kier molecular flexibility index (Phi) is 5.64. The van der Waals surface area contributed by atoms with Gasteiger partial charge in [0, 0.05) is 17.6 Å². The van der Waals surface area contributed by atoms with E-state index in [0.717, 1.165) is 30.0 Å². The highest BCUT2D eigenvalue weighted by molar-refractivity contribution is 6.30. The van der Waals surface area contributed by atoms with Gasteiger partial charge in [-0.15, -0.1) is 0 Å². The molecule has 0 spiro atoms. The summed E-state index contributed by atoms with van der Waals surface area (Å²) in [4.78, 5) is 11.7. The van der Waals surface area contributed by atoms with Gasteiger partial charge in [0.15, 0.2) is 6.10 Å². The second-order valence-electron chi connectivity index (χ2n) is 7.12. The lowest BCUT2D eigenvalue weighted by Crippen LogP contribution is -2.34. The topological polar surface area (TPSA) is 47.6 Å². The Morgan fingerprint density at radius 2 is 1.79 bits per heavy atom. The fourth-order valence-electron chi connectivity index (χ4n) is 3.78. The Labute approximate surface area is 168 Å². The van der Waals surface area contributed by atoms with Crippen molar-refractivity contribution in [3.63, 3.8) is 0 Å². The lowest BCUT2D eigenvalue weighted by Gasteiger charge is -2.26. The van der Waals surface area contributed by atoms with Crippen molar-refractivity contribution < 1.29 is 18.7 Å². The third-order valence-electron chi connectivity index (χ3n) is 5.24. The van der Waals surface area contributed by atoms with E-state index in [1.54, 1.807) is 12.1 Å². The van der Waals surface area contributed by atoms with Gasteiger partial charge < -0.3 is 14.8 Å². The average molecular weight is 402 g/mol. The first-order valence-corrected chi connectivity index (χ1v) is 9.77. The van der Waals surface area contributed by atoms with Crippen LogP contribution in [0.1, 0.15) is 36.5 Å². The number of rotatable bonds is 5. The maximum absolute atomic E-state index is 13.2. The number of halogens is 2. The monoisotopic (exact) mass is 401 g/mol. The van der Waals surface area contributed by atoms with Crippen molar-refractivity contribution >= 4 is 23.3 Å². The highest BCUT2D eigenvalue weighted by atomic mass is 35.5. The zero-order valence-electron chi connectivity index (χ0n) is 15.2. The molecule has 6 heteroatoms. The molecule has 2 aliphatic heterocycles. The summed E-state index contributed by atoms with van der Waals surface area (Å²) in [6.07, 6.45) is 3.05. The van der Waals surface area contributed by atoms with E-state index >= 15 is 0 Å². The summed E-state index contributed by atoms with van der Waals surface area (Å²) in [5.74, 6) is -0.321. The van der Waals surface area contributed by atoms with Crippen LogP contribution >= 0.6 is 11.6 Å². The molecule has 0 bridgehead atoms. The van der Waals surface area contributed by atoms with Crippen LogP contribution in [0.25, 0.3) is 5.57 Å². The fraction of sp³-hybridized carbons (Fsp3) is 0.318. The number of cyclic esters (lactones) is 2. The van der Waals surface area contributed by atoms with Gasteiger partial charge in [0.1, 0.15) is 11.9 Å². The van der Waals surface area contributed by atoms with E-state index in [0.29, 0.717) is 6.42 Å². The van der Waals surface area contributed by atoms with E-state index in [-0.39, 0.29) is 18.0 Å². The molecule has 3 unspecified atom stereocenters. The van der Waals surface area contributed by atoms with Gasteiger partial charge >= 0.3 is 6.16 Å². The maximum atomic E-state index is 13.2. The molecule has 3 atom stereocenters. The van der Waals surface area contributed by atoms with E-state index in [4.69, 9.17) is 21.1 Å². The molecular weight excluding hydrogens is 381 g/mol. The second-order valence-corrected chi connectivity index (χ2v) is 7.56. The quantitative estimate of drug-likeness (QED) is 0.692. The van der Waals surface area contributed by atoms with E-state index in [1.165, 1.54) is 23.3 Å². The first kappa shape index (κ1) is 19.0. The van der Waals surface area contributed by atoms with Crippen LogP contribution in [0, 0.1) is 5.82 Å². The molecular formula is C22H21ClFNO3. The lowest BCUT2D eigenvalue weighted by molar-refractivity contribution is 0.114. The smallest absolute Gasteiger partial charge is 0.427 e. The van der Waals surface area contributed by atoms with Crippen molar-refractivity contribution in [3.8, 4) is 0 Å². The third kappa shape index (κ3) is 4.37. The van der Waals surface area contributed by atoms with Crippen molar-refractivity contribution in [3.05, 3.63) is 76.6 Å². The number of ether oxygens (including phenoxy) is 2. The van der Waals surface area contributed by atoms with Crippen LogP contribution in [0.3, 0.4) is 0 Å². The first-order valence-electron chi connectivity index (χ1n) is 9.39. The average Bonchev–Trinajstić information content (AvgIpc) is 3.08. The molecule has 4 rings (SSSR count). The molecule has 1 fully saturated rings. The summed E-state index contributed by atoms with van der Waals surface area (Å²) in [5, 5.41) is 4.22. The predicted molar refractivity (Wildman–Crippen MR) is 106 cm³/mol.